The molecule has 1 amide bonds. The number of aliphatic hydroxyl groups is 1. The number of phenolic OH excluding ortho intramolecular Hbond substituents is 2. The van der Waals surface area contributed by atoms with E-state index in [0.717, 1.165) is 11.1 Å². The Morgan fingerprint density at radius 2 is 1.83 bits per heavy atom. The van der Waals surface area contributed by atoms with Crippen LogP contribution in [0.4, 0.5) is 0 Å². The molecule has 0 saturated heterocycles. The molecule has 182 valence electrons. The lowest BCUT2D eigenvalue weighted by atomic mass is 10.0. The monoisotopic (exact) mass is 477 g/mol. The van der Waals surface area contributed by atoms with Gasteiger partial charge >= 0.3 is 0 Å². The molecule has 1 aliphatic rings. The smallest absolute Gasteiger partial charge is 0.244 e. The molecule has 2 atom stereocenters. The number of carbonyl (C=O) groups excluding carboxylic acids is 1. The third-order valence-electron chi connectivity index (χ3n) is 5.63. The molecule has 3 aromatic rings. The van der Waals surface area contributed by atoms with E-state index in [1.54, 1.807) is 48.5 Å². The number of ether oxygens (including phenoxy) is 3. The van der Waals surface area contributed by atoms with E-state index in [4.69, 9.17) is 14.2 Å². The summed E-state index contributed by atoms with van der Waals surface area (Å²) >= 11 is 0. The van der Waals surface area contributed by atoms with Gasteiger partial charge in [0.1, 0.15) is 5.75 Å². The average molecular weight is 478 g/mol. The lowest BCUT2D eigenvalue weighted by Crippen LogP contribution is -2.36. The maximum atomic E-state index is 12.2. The van der Waals surface area contributed by atoms with Crippen molar-refractivity contribution in [3.05, 3.63) is 83.4 Å². The van der Waals surface area contributed by atoms with Crippen LogP contribution in [0.15, 0.2) is 66.7 Å². The Labute approximate surface area is 203 Å². The molecule has 8 nitrogen and oxygen atoms in total. The van der Waals surface area contributed by atoms with Gasteiger partial charge in [0, 0.05) is 18.2 Å². The lowest BCUT2D eigenvalue weighted by Gasteiger charge is -2.33. The van der Waals surface area contributed by atoms with Crippen molar-refractivity contribution in [2.24, 2.45) is 0 Å². The van der Waals surface area contributed by atoms with Crippen LogP contribution in [0.2, 0.25) is 0 Å². The standard InChI is InChI=1S/C27H27NO7/c1-33-23-15-19(6-9-21(23)31)27-25(16-29)34-24-14-18(4-10-22(24)35-27)5-11-26(32)28-13-12-17-2-7-20(30)8-3-17/h2-11,14-15,25,27,29-31H,12-13,16H2,1H3,(H,28,32)/b11-5+. The second kappa shape index (κ2) is 10.8. The predicted molar refractivity (Wildman–Crippen MR) is 130 cm³/mol. The summed E-state index contributed by atoms with van der Waals surface area (Å²) in [6.45, 7) is 0.188. The normalized spacial score (nSPS) is 16.7. The number of nitrogens with one attached hydrogen (secondary N) is 1. The summed E-state index contributed by atoms with van der Waals surface area (Å²) in [5, 5.41) is 31.9. The first-order chi connectivity index (χ1) is 17.0. The molecule has 0 radical (unpaired) electrons. The first kappa shape index (κ1) is 24.0. The van der Waals surface area contributed by atoms with Gasteiger partial charge in [-0.1, -0.05) is 24.3 Å². The van der Waals surface area contributed by atoms with Gasteiger partial charge in [0.05, 0.1) is 13.7 Å². The van der Waals surface area contributed by atoms with Crippen molar-refractivity contribution in [3.63, 3.8) is 0 Å². The number of rotatable bonds is 8. The van der Waals surface area contributed by atoms with E-state index in [9.17, 15) is 20.1 Å². The minimum atomic E-state index is -0.667. The molecule has 1 aliphatic heterocycles. The van der Waals surface area contributed by atoms with Crippen molar-refractivity contribution in [3.8, 4) is 28.7 Å². The molecule has 0 spiro atoms. The second-order valence-electron chi connectivity index (χ2n) is 8.06. The Balaban J connectivity index is 1.39. The fourth-order valence-corrected chi connectivity index (χ4v) is 3.77. The number of methoxy groups -OCH3 is 1. The van der Waals surface area contributed by atoms with Crippen LogP contribution in [0.3, 0.4) is 0 Å². The van der Waals surface area contributed by atoms with E-state index in [2.05, 4.69) is 5.32 Å². The molecule has 4 N–H and O–H groups in total. The molecule has 0 bridgehead atoms. The predicted octanol–water partition coefficient (Wildman–Crippen LogP) is 3.35. The van der Waals surface area contributed by atoms with Crippen molar-refractivity contribution in [1.82, 2.24) is 5.32 Å². The van der Waals surface area contributed by atoms with E-state index in [1.165, 1.54) is 19.3 Å². The highest BCUT2D eigenvalue weighted by Gasteiger charge is 2.33. The molecular formula is C27H27NO7. The zero-order valence-corrected chi connectivity index (χ0v) is 19.2. The van der Waals surface area contributed by atoms with Crippen LogP contribution in [0.25, 0.3) is 6.08 Å². The van der Waals surface area contributed by atoms with Crippen LogP contribution in [0.1, 0.15) is 22.8 Å². The van der Waals surface area contributed by atoms with Gasteiger partial charge in [-0.2, -0.15) is 0 Å². The van der Waals surface area contributed by atoms with Crippen LogP contribution < -0.4 is 19.5 Å². The van der Waals surface area contributed by atoms with E-state index in [1.807, 2.05) is 12.1 Å². The molecule has 0 fully saturated rings. The molecule has 0 aliphatic carbocycles. The summed E-state index contributed by atoms with van der Waals surface area (Å²) < 4.78 is 17.3. The summed E-state index contributed by atoms with van der Waals surface area (Å²) in [5.74, 6) is 1.25. The number of aromatic hydroxyl groups is 2. The Hall–Kier alpha value is -4.17. The largest absolute Gasteiger partial charge is 0.508 e. The topological polar surface area (TPSA) is 117 Å². The van der Waals surface area contributed by atoms with Crippen LogP contribution in [-0.2, 0) is 11.2 Å². The summed E-state index contributed by atoms with van der Waals surface area (Å²) in [4.78, 5) is 12.2. The lowest BCUT2D eigenvalue weighted by molar-refractivity contribution is -0.116. The molecule has 2 unspecified atom stereocenters. The van der Waals surface area contributed by atoms with Gasteiger partial charge < -0.3 is 34.8 Å². The molecule has 0 aromatic heterocycles. The third-order valence-corrected chi connectivity index (χ3v) is 5.63. The highest BCUT2D eigenvalue weighted by molar-refractivity contribution is 5.91. The summed E-state index contributed by atoms with van der Waals surface area (Å²) in [5.41, 5.74) is 2.45. The Bertz CT molecular complexity index is 1210. The maximum Gasteiger partial charge on any atom is 0.244 e. The first-order valence-electron chi connectivity index (χ1n) is 11.2. The van der Waals surface area contributed by atoms with Crippen molar-refractivity contribution in [1.29, 1.82) is 0 Å². The molecular weight excluding hydrogens is 450 g/mol. The van der Waals surface area contributed by atoms with Crippen LogP contribution in [0, 0.1) is 0 Å². The van der Waals surface area contributed by atoms with Crippen LogP contribution in [-0.4, -0.2) is 47.6 Å². The molecule has 1 heterocycles. The Kier molecular flexibility index (Phi) is 7.42. The van der Waals surface area contributed by atoms with Gasteiger partial charge in [0.25, 0.3) is 0 Å². The van der Waals surface area contributed by atoms with Crippen molar-refractivity contribution >= 4 is 12.0 Å². The first-order valence-corrected chi connectivity index (χ1v) is 11.2. The molecule has 4 rings (SSSR count). The summed E-state index contributed by atoms with van der Waals surface area (Å²) in [6.07, 6.45) is 2.50. The van der Waals surface area contributed by atoms with Crippen molar-refractivity contribution < 1.29 is 34.3 Å². The van der Waals surface area contributed by atoms with Gasteiger partial charge in [-0.3, -0.25) is 4.79 Å². The van der Waals surface area contributed by atoms with Crippen molar-refractivity contribution in [2.75, 3.05) is 20.3 Å². The number of phenols is 2. The number of carbonyl (C=O) groups is 1. The fraction of sp³-hybridized carbons (Fsp3) is 0.222. The SMILES string of the molecule is COc1cc(C2Oc3ccc(/C=C/C(=O)NCCc4ccc(O)cc4)cc3OC2CO)ccc1O. The van der Waals surface area contributed by atoms with Gasteiger partial charge in [0.2, 0.25) is 5.91 Å². The highest BCUT2D eigenvalue weighted by Crippen LogP contribution is 2.41. The van der Waals surface area contributed by atoms with E-state index in [0.29, 0.717) is 35.8 Å². The quantitative estimate of drug-likeness (QED) is 0.368. The Morgan fingerprint density at radius 3 is 2.57 bits per heavy atom. The van der Waals surface area contributed by atoms with Crippen LogP contribution in [0.5, 0.6) is 28.7 Å². The third kappa shape index (κ3) is 5.85. The highest BCUT2D eigenvalue weighted by atomic mass is 16.6. The van der Waals surface area contributed by atoms with Gasteiger partial charge in [-0.25, -0.2) is 0 Å². The summed E-state index contributed by atoms with van der Waals surface area (Å²) in [7, 11) is 1.46. The van der Waals surface area contributed by atoms with Gasteiger partial charge in [-0.05, 0) is 60.0 Å². The summed E-state index contributed by atoms with van der Waals surface area (Å²) in [6, 6.07) is 17.0. The second-order valence-corrected chi connectivity index (χ2v) is 8.06. The Morgan fingerprint density at radius 1 is 1.03 bits per heavy atom. The number of aliphatic hydroxyl groups excluding tert-OH is 1. The average Bonchev–Trinajstić information content (AvgIpc) is 2.88. The molecule has 8 heteroatoms. The number of hydrogen-bond acceptors (Lipinski definition) is 7. The number of amides is 1. The minimum absolute atomic E-state index is 0.00902. The molecule has 35 heavy (non-hydrogen) atoms. The zero-order chi connectivity index (χ0) is 24.8. The number of fused-ring (bicyclic) bond motifs is 1. The number of hydrogen-bond donors (Lipinski definition) is 4. The van der Waals surface area contributed by atoms with E-state index >= 15 is 0 Å². The minimum Gasteiger partial charge on any atom is -0.508 e. The zero-order valence-electron chi connectivity index (χ0n) is 19.2. The maximum absolute atomic E-state index is 12.2. The van der Waals surface area contributed by atoms with E-state index in [-0.39, 0.29) is 24.0 Å². The van der Waals surface area contributed by atoms with Gasteiger partial charge in [0.15, 0.2) is 35.2 Å². The van der Waals surface area contributed by atoms with Crippen LogP contribution >= 0.6 is 0 Å². The number of benzene rings is 3. The molecule has 3 aromatic carbocycles. The van der Waals surface area contributed by atoms with Gasteiger partial charge in [-0.15, -0.1) is 0 Å². The van der Waals surface area contributed by atoms with Crippen molar-refractivity contribution in [2.45, 2.75) is 18.6 Å². The fourth-order valence-electron chi connectivity index (χ4n) is 3.77. The van der Waals surface area contributed by atoms with E-state index < -0.39 is 12.2 Å². The molecule has 0 saturated carbocycles.